The maximum absolute atomic E-state index is 15.5. The number of oxime groups is 1. The van der Waals surface area contributed by atoms with E-state index in [-0.39, 0.29) is 29.5 Å². The second-order valence-electron chi connectivity index (χ2n) is 19.4. The average molecular weight is 1120 g/mol. The van der Waals surface area contributed by atoms with Gasteiger partial charge in [0.25, 0.3) is 11.8 Å². The highest BCUT2D eigenvalue weighted by molar-refractivity contribution is 8.00. The van der Waals surface area contributed by atoms with Crippen LogP contribution in [0.15, 0.2) is 277 Å². The highest BCUT2D eigenvalue weighted by Crippen LogP contribution is 2.45. The third kappa shape index (κ3) is 11.1. The summed E-state index contributed by atoms with van der Waals surface area (Å²) in [5.41, 5.74) is 4.64. The van der Waals surface area contributed by atoms with Crippen LogP contribution in [0.2, 0.25) is 0 Å². The zero-order valence-corrected chi connectivity index (χ0v) is 46.1. The summed E-state index contributed by atoms with van der Waals surface area (Å²) in [5.74, 6) is -2.26. The van der Waals surface area contributed by atoms with Crippen molar-refractivity contribution in [3.63, 3.8) is 0 Å². The average Bonchev–Trinajstić information content (AvgIpc) is 4.14. The van der Waals surface area contributed by atoms with Gasteiger partial charge in [-0.1, -0.05) is 254 Å². The summed E-state index contributed by atoms with van der Waals surface area (Å²) in [6.07, 6.45) is 2.46. The van der Waals surface area contributed by atoms with Gasteiger partial charge in [0.15, 0.2) is 16.9 Å². The summed E-state index contributed by atoms with van der Waals surface area (Å²) in [7, 11) is 0. The second kappa shape index (κ2) is 24.8. The minimum absolute atomic E-state index is 0.0136. The lowest BCUT2D eigenvalue weighted by Crippen LogP contribution is -2.71. The summed E-state index contributed by atoms with van der Waals surface area (Å²) in [6.45, 7) is 1.26. The van der Waals surface area contributed by atoms with Crippen molar-refractivity contribution in [1.29, 1.82) is 0 Å². The number of carbonyl (C=O) groups is 4. The molecule has 3 heterocycles. The predicted molar refractivity (Wildman–Crippen MR) is 320 cm³/mol. The van der Waals surface area contributed by atoms with Crippen molar-refractivity contribution in [3.05, 3.63) is 322 Å². The zero-order valence-electron chi connectivity index (χ0n) is 44.5. The van der Waals surface area contributed by atoms with E-state index in [1.54, 1.807) is 17.5 Å². The number of esters is 2. The maximum Gasteiger partial charge on any atom is 0.356 e. The van der Waals surface area contributed by atoms with E-state index in [1.165, 1.54) is 34.9 Å². The molecule has 1 fully saturated rings. The summed E-state index contributed by atoms with van der Waals surface area (Å²) in [4.78, 5) is 70.5. The van der Waals surface area contributed by atoms with Crippen LogP contribution < -0.4 is 10.6 Å². The number of allylic oxidation sites excluding steroid dienone is 1. The Morgan fingerprint density at radius 3 is 1.54 bits per heavy atom. The minimum Gasteiger partial charge on any atom is -0.462 e. The van der Waals surface area contributed by atoms with Gasteiger partial charge >= 0.3 is 11.9 Å². The first kappa shape index (κ1) is 54.3. The van der Waals surface area contributed by atoms with Gasteiger partial charge in [-0.3, -0.25) is 19.3 Å². The Morgan fingerprint density at radius 1 is 0.646 bits per heavy atom. The molecule has 11 rings (SSSR count). The third-order valence-corrected chi connectivity index (χ3v) is 16.4. The number of aromatic nitrogens is 1. The predicted octanol–water partition coefficient (Wildman–Crippen LogP) is 12.4. The molecule has 12 nitrogen and oxygen atoms in total. The summed E-state index contributed by atoms with van der Waals surface area (Å²) in [6, 6.07) is 77.0. The van der Waals surface area contributed by atoms with Crippen LogP contribution in [0.3, 0.4) is 0 Å². The SMILES string of the molecule is CC(=O)OC/C=C/C1=C(C(=O)OC(c2ccccc2)c2ccccc2)N2C(=O)C(NC(=O)/C(=N\OC(c3ccccc3)(c3ccccc3)c3ccccc3)c3csc(NC(c4ccccc4)(c4ccccc4)c4ccccc4)n3)[C@H]2SC1. The fourth-order valence-electron chi connectivity index (χ4n) is 10.4. The molecule has 2 N–H and O–H groups in total. The normalized spacial score (nSPS) is 15.3. The molecule has 0 spiro atoms. The molecule has 1 saturated heterocycles. The van der Waals surface area contributed by atoms with Crippen LogP contribution in [0.25, 0.3) is 0 Å². The number of nitrogens with zero attached hydrogens (tertiary/aromatic N) is 3. The van der Waals surface area contributed by atoms with E-state index in [9.17, 15) is 14.4 Å². The van der Waals surface area contributed by atoms with Crippen molar-refractivity contribution in [2.75, 3.05) is 17.7 Å². The molecule has 82 heavy (non-hydrogen) atoms. The van der Waals surface area contributed by atoms with Crippen LogP contribution in [0.4, 0.5) is 5.13 Å². The van der Waals surface area contributed by atoms with E-state index < -0.39 is 52.4 Å². The Hall–Kier alpha value is -9.63. The van der Waals surface area contributed by atoms with Crippen molar-refractivity contribution < 1.29 is 33.5 Å². The van der Waals surface area contributed by atoms with Gasteiger partial charge in [-0.2, -0.15) is 0 Å². The van der Waals surface area contributed by atoms with Crippen LogP contribution in [0, 0.1) is 0 Å². The van der Waals surface area contributed by atoms with Crippen LogP contribution in [0.1, 0.15) is 63.2 Å². The van der Waals surface area contributed by atoms with Crippen LogP contribution in [-0.4, -0.2) is 63.1 Å². The number of anilines is 1. The van der Waals surface area contributed by atoms with Gasteiger partial charge in [-0.15, -0.1) is 23.1 Å². The Labute approximate surface area is 483 Å². The van der Waals surface area contributed by atoms with Gasteiger partial charge in [-0.05, 0) is 39.5 Å². The lowest BCUT2D eigenvalue weighted by Gasteiger charge is -2.49. The number of carbonyl (C=O) groups excluding carboxylic acids is 4. The van der Waals surface area contributed by atoms with Gasteiger partial charge in [0.05, 0.1) is 0 Å². The Morgan fingerprint density at radius 2 is 1.09 bits per heavy atom. The molecule has 1 aromatic heterocycles. The first-order chi connectivity index (χ1) is 40.2. The molecule has 1 unspecified atom stereocenters. The van der Waals surface area contributed by atoms with Gasteiger partial charge in [0, 0.05) is 34.7 Å². The number of hydrogen-bond donors (Lipinski definition) is 2. The molecule has 2 aliphatic heterocycles. The monoisotopic (exact) mass is 1120 g/mol. The molecule has 2 atom stereocenters. The lowest BCUT2D eigenvalue weighted by molar-refractivity contribution is -0.154. The lowest BCUT2D eigenvalue weighted by atomic mass is 9.77. The first-order valence-electron chi connectivity index (χ1n) is 26.7. The molecule has 8 aromatic carbocycles. The van der Waals surface area contributed by atoms with E-state index in [2.05, 4.69) is 47.0 Å². The fourth-order valence-corrected chi connectivity index (χ4v) is 12.5. The van der Waals surface area contributed by atoms with Crippen molar-refractivity contribution >= 4 is 57.7 Å². The zero-order chi connectivity index (χ0) is 56.3. The number of fused-ring (bicyclic) bond motifs is 1. The van der Waals surface area contributed by atoms with E-state index >= 15 is 4.79 Å². The Balaban J connectivity index is 0.988. The minimum atomic E-state index is -1.39. The number of ether oxygens (including phenoxy) is 2. The number of thiazole rings is 1. The van der Waals surface area contributed by atoms with E-state index in [4.69, 9.17) is 24.5 Å². The van der Waals surface area contributed by atoms with Crippen molar-refractivity contribution in [2.24, 2.45) is 5.16 Å². The van der Waals surface area contributed by atoms with Crippen molar-refractivity contribution in [2.45, 2.75) is 35.6 Å². The third-order valence-electron chi connectivity index (χ3n) is 14.3. The summed E-state index contributed by atoms with van der Waals surface area (Å²) in [5, 5.41) is 13.2. The molecular weight excluding hydrogens is 1060 g/mol. The van der Waals surface area contributed by atoms with Crippen molar-refractivity contribution in [1.82, 2.24) is 15.2 Å². The molecule has 2 amide bonds. The maximum atomic E-state index is 15.5. The molecular formula is C68H55N5O7S2. The number of amides is 2. The molecule has 2 aliphatic rings. The van der Waals surface area contributed by atoms with Crippen LogP contribution >= 0.6 is 23.1 Å². The van der Waals surface area contributed by atoms with Gasteiger partial charge < -0.3 is 24.9 Å². The second-order valence-corrected chi connectivity index (χ2v) is 21.3. The molecule has 406 valence electrons. The molecule has 0 bridgehead atoms. The standard InChI is InChI=1S/C68H55N5O7S2/c1-47(74)78-44-26-31-50-45-81-64-59(63(76)73(64)60(50)65(77)79-61(48-27-10-2-11-28-48)49-29-12-3-13-30-49)70-62(75)58(72-80-68(54-38-20-7-21-39-54,55-40-22-8-23-41-55)56-42-24-9-25-43-56)57-46-82-66(69-57)71-67(51-32-14-4-15-33-51,52-34-16-5-17-35-52)53-36-18-6-19-37-53/h2-43,46,59,61,64H,44-45H2,1H3,(H,69,71)(H,70,75)/b31-26+,72-58-/t59?,64-/m1/s1. The number of β-lactam (4-membered cyclic amide) rings is 1. The van der Waals surface area contributed by atoms with Crippen LogP contribution in [-0.2, 0) is 44.6 Å². The molecule has 9 aromatic rings. The number of rotatable bonds is 20. The number of hydrogen-bond acceptors (Lipinski definition) is 12. The van der Waals surface area contributed by atoms with Gasteiger partial charge in [0.2, 0.25) is 5.60 Å². The summed E-state index contributed by atoms with van der Waals surface area (Å²) < 4.78 is 11.6. The molecule has 14 heteroatoms. The van der Waals surface area contributed by atoms with E-state index in [0.717, 1.165) is 44.5 Å². The highest BCUT2D eigenvalue weighted by Gasteiger charge is 2.55. The van der Waals surface area contributed by atoms with Crippen LogP contribution in [0.5, 0.6) is 0 Å². The molecule has 0 aliphatic carbocycles. The van der Waals surface area contributed by atoms with Gasteiger partial charge in [-0.25, -0.2) is 9.78 Å². The molecule has 0 saturated carbocycles. The number of benzene rings is 8. The van der Waals surface area contributed by atoms with E-state index in [1.807, 2.05) is 206 Å². The van der Waals surface area contributed by atoms with Crippen molar-refractivity contribution in [3.8, 4) is 0 Å². The number of thioether (sulfide) groups is 1. The fraction of sp³-hybridized carbons (Fsp3) is 0.118. The topological polar surface area (TPSA) is 149 Å². The van der Waals surface area contributed by atoms with E-state index in [0.29, 0.717) is 10.7 Å². The molecule has 0 radical (unpaired) electrons. The highest BCUT2D eigenvalue weighted by atomic mass is 32.2. The smallest absolute Gasteiger partial charge is 0.356 e. The Bertz CT molecular complexity index is 3530. The summed E-state index contributed by atoms with van der Waals surface area (Å²) >= 11 is 2.66. The van der Waals surface area contributed by atoms with Gasteiger partial charge in [0.1, 0.15) is 35.0 Å². The largest absolute Gasteiger partial charge is 0.462 e. The first-order valence-corrected chi connectivity index (χ1v) is 28.6. The number of nitrogens with one attached hydrogen (secondary N) is 2. The Kier molecular flexibility index (Phi) is 16.4. The quantitative estimate of drug-likeness (QED) is 0.0248.